The molecule has 3 rings (SSSR count). The highest BCUT2D eigenvalue weighted by Gasteiger charge is 2.20. The minimum absolute atomic E-state index is 0.0419. The van der Waals surface area contributed by atoms with Crippen molar-refractivity contribution in [3.05, 3.63) is 47.8 Å². The molecule has 1 aliphatic rings. The number of anilines is 1. The Morgan fingerprint density at radius 3 is 2.95 bits per heavy atom. The second-order valence-corrected chi connectivity index (χ2v) is 4.43. The number of carboxylic acid groups (broad SMARTS) is 1. The number of aromatic carboxylic acids is 1. The predicted molar refractivity (Wildman–Crippen MR) is 66.6 cm³/mol. The molecule has 98 valence electrons. The molecule has 0 unspecified atom stereocenters. The number of aromatic nitrogens is 2. The first-order chi connectivity index (χ1) is 9.15. The van der Waals surface area contributed by atoms with Gasteiger partial charge in [0.05, 0.1) is 17.8 Å². The van der Waals surface area contributed by atoms with Gasteiger partial charge in [0.25, 0.3) is 0 Å². The molecule has 1 aromatic heterocycles. The first-order valence-corrected chi connectivity index (χ1v) is 5.93. The molecule has 0 bridgehead atoms. The summed E-state index contributed by atoms with van der Waals surface area (Å²) in [5, 5.41) is 8.82. The fourth-order valence-corrected chi connectivity index (χ4v) is 2.28. The van der Waals surface area contributed by atoms with Crippen molar-refractivity contribution < 1.29 is 14.3 Å². The highest BCUT2D eigenvalue weighted by Crippen LogP contribution is 2.24. The Morgan fingerprint density at radius 1 is 1.37 bits per heavy atom. The predicted octanol–water partition coefficient (Wildman–Crippen LogP) is 1.74. The summed E-state index contributed by atoms with van der Waals surface area (Å²) in [5.74, 6) is -0.757. The lowest BCUT2D eigenvalue weighted by atomic mass is 10.1. The molecule has 0 radical (unpaired) electrons. The Bertz CT molecular complexity index is 639. The van der Waals surface area contributed by atoms with Crippen molar-refractivity contribution >= 4 is 11.7 Å². The van der Waals surface area contributed by atoms with E-state index in [0.717, 1.165) is 18.4 Å². The molecule has 1 aromatic carbocycles. The van der Waals surface area contributed by atoms with Crippen LogP contribution in [-0.2, 0) is 13.1 Å². The van der Waals surface area contributed by atoms with E-state index in [9.17, 15) is 9.18 Å². The van der Waals surface area contributed by atoms with Gasteiger partial charge in [0.15, 0.2) is 0 Å². The Labute approximate surface area is 108 Å². The topological polar surface area (TPSA) is 58.4 Å². The van der Waals surface area contributed by atoms with Crippen LogP contribution in [-0.4, -0.2) is 27.2 Å². The molecule has 0 spiro atoms. The van der Waals surface area contributed by atoms with Crippen LogP contribution in [0.5, 0.6) is 0 Å². The maximum atomic E-state index is 14.0. The molecule has 0 saturated carbocycles. The van der Waals surface area contributed by atoms with Gasteiger partial charge in [-0.2, -0.15) is 0 Å². The van der Waals surface area contributed by atoms with Crippen molar-refractivity contribution in [3.8, 4) is 0 Å². The first kappa shape index (κ1) is 11.7. The van der Waals surface area contributed by atoms with Gasteiger partial charge in [-0.3, -0.25) is 0 Å². The van der Waals surface area contributed by atoms with E-state index in [1.54, 1.807) is 6.20 Å². The van der Waals surface area contributed by atoms with Gasteiger partial charge >= 0.3 is 5.97 Å². The molecule has 2 aromatic rings. The lowest BCUT2D eigenvalue weighted by molar-refractivity contribution is 0.0696. The van der Waals surface area contributed by atoms with E-state index in [1.165, 1.54) is 12.1 Å². The van der Waals surface area contributed by atoms with Crippen molar-refractivity contribution in [3.63, 3.8) is 0 Å². The van der Waals surface area contributed by atoms with E-state index in [-0.39, 0.29) is 5.56 Å². The van der Waals surface area contributed by atoms with Crippen LogP contribution in [0.4, 0.5) is 10.1 Å². The van der Waals surface area contributed by atoms with Gasteiger partial charge in [-0.05, 0) is 18.2 Å². The van der Waals surface area contributed by atoms with Crippen LogP contribution < -0.4 is 4.90 Å². The largest absolute Gasteiger partial charge is 0.478 e. The van der Waals surface area contributed by atoms with Crippen molar-refractivity contribution in [2.45, 2.75) is 13.1 Å². The zero-order chi connectivity index (χ0) is 13.4. The molecule has 5 nitrogen and oxygen atoms in total. The lowest BCUT2D eigenvalue weighted by Crippen LogP contribution is -2.34. The van der Waals surface area contributed by atoms with E-state index >= 15 is 0 Å². The van der Waals surface area contributed by atoms with Crippen LogP contribution in [0.1, 0.15) is 16.2 Å². The summed E-state index contributed by atoms with van der Waals surface area (Å²) in [4.78, 5) is 16.9. The molecular formula is C13H12FN3O2. The van der Waals surface area contributed by atoms with E-state index in [1.807, 2.05) is 15.7 Å². The number of halogens is 1. The Kier molecular flexibility index (Phi) is 2.70. The normalized spacial score (nSPS) is 14.3. The quantitative estimate of drug-likeness (QED) is 0.894. The van der Waals surface area contributed by atoms with Crippen LogP contribution >= 0.6 is 0 Å². The van der Waals surface area contributed by atoms with E-state index in [0.29, 0.717) is 18.8 Å². The van der Waals surface area contributed by atoms with Crippen molar-refractivity contribution in [2.75, 3.05) is 11.4 Å². The summed E-state index contributed by atoms with van der Waals surface area (Å²) in [7, 11) is 0. The zero-order valence-corrected chi connectivity index (χ0v) is 10.1. The second-order valence-electron chi connectivity index (χ2n) is 4.43. The Balaban J connectivity index is 1.90. The maximum absolute atomic E-state index is 14.0. The Morgan fingerprint density at radius 2 is 2.21 bits per heavy atom. The van der Waals surface area contributed by atoms with Crippen molar-refractivity contribution in [1.82, 2.24) is 9.55 Å². The summed E-state index contributed by atoms with van der Waals surface area (Å²) in [6.45, 7) is 1.94. The SMILES string of the molecule is O=C(O)c1ccc(N2CCn3ccnc3C2)c(F)c1. The van der Waals surface area contributed by atoms with Gasteiger partial charge in [0.1, 0.15) is 11.6 Å². The third kappa shape index (κ3) is 2.05. The number of carboxylic acids is 1. The summed E-state index contributed by atoms with van der Waals surface area (Å²) in [6, 6.07) is 3.98. The average molecular weight is 261 g/mol. The van der Waals surface area contributed by atoms with Gasteiger partial charge in [0.2, 0.25) is 0 Å². The molecule has 2 heterocycles. The second kappa shape index (κ2) is 4.38. The lowest BCUT2D eigenvalue weighted by Gasteiger charge is -2.29. The number of benzene rings is 1. The summed E-state index contributed by atoms with van der Waals surface area (Å²) in [5.41, 5.74) is 0.374. The molecule has 0 atom stereocenters. The standard InChI is InChI=1S/C13H12FN3O2/c14-10-7-9(13(18)19)1-2-11(10)17-6-5-16-4-3-15-12(16)8-17/h1-4,7H,5-6,8H2,(H,18,19). The van der Waals surface area contributed by atoms with Crippen LogP contribution in [0.3, 0.4) is 0 Å². The molecule has 0 fully saturated rings. The molecule has 0 saturated heterocycles. The minimum atomic E-state index is -1.13. The Hall–Kier alpha value is -2.37. The van der Waals surface area contributed by atoms with E-state index in [4.69, 9.17) is 5.11 Å². The number of carbonyl (C=O) groups is 1. The minimum Gasteiger partial charge on any atom is -0.478 e. The van der Waals surface area contributed by atoms with Gasteiger partial charge < -0.3 is 14.6 Å². The van der Waals surface area contributed by atoms with Gasteiger partial charge in [-0.15, -0.1) is 0 Å². The number of hydrogen-bond acceptors (Lipinski definition) is 3. The fraction of sp³-hybridized carbons (Fsp3) is 0.231. The van der Waals surface area contributed by atoms with Gasteiger partial charge in [-0.1, -0.05) is 0 Å². The summed E-state index contributed by atoms with van der Waals surface area (Å²) >= 11 is 0. The summed E-state index contributed by atoms with van der Waals surface area (Å²) in [6.07, 6.45) is 3.62. The highest BCUT2D eigenvalue weighted by molar-refractivity contribution is 5.88. The van der Waals surface area contributed by atoms with Crippen molar-refractivity contribution in [1.29, 1.82) is 0 Å². The number of fused-ring (bicyclic) bond motifs is 1. The highest BCUT2D eigenvalue weighted by atomic mass is 19.1. The molecule has 0 amide bonds. The molecule has 1 N–H and O–H groups in total. The van der Waals surface area contributed by atoms with Crippen LogP contribution in [0.25, 0.3) is 0 Å². The van der Waals surface area contributed by atoms with E-state index < -0.39 is 11.8 Å². The fourth-order valence-electron chi connectivity index (χ4n) is 2.28. The van der Waals surface area contributed by atoms with E-state index in [2.05, 4.69) is 4.98 Å². The van der Waals surface area contributed by atoms with Crippen molar-refractivity contribution in [2.24, 2.45) is 0 Å². The maximum Gasteiger partial charge on any atom is 0.335 e. The van der Waals surface area contributed by atoms with Gasteiger partial charge in [-0.25, -0.2) is 14.2 Å². The first-order valence-electron chi connectivity index (χ1n) is 5.93. The van der Waals surface area contributed by atoms with Crippen LogP contribution in [0.2, 0.25) is 0 Å². The monoisotopic (exact) mass is 261 g/mol. The molecule has 6 heteroatoms. The third-order valence-corrected chi connectivity index (χ3v) is 3.28. The number of nitrogens with zero attached hydrogens (tertiary/aromatic N) is 3. The van der Waals surface area contributed by atoms with Crippen LogP contribution in [0.15, 0.2) is 30.6 Å². The molecule has 19 heavy (non-hydrogen) atoms. The third-order valence-electron chi connectivity index (χ3n) is 3.28. The zero-order valence-electron chi connectivity index (χ0n) is 10.1. The molecule has 1 aliphatic heterocycles. The van der Waals surface area contributed by atoms with Crippen LogP contribution in [0, 0.1) is 5.82 Å². The van der Waals surface area contributed by atoms with Gasteiger partial charge in [0, 0.05) is 25.5 Å². The molecular weight excluding hydrogens is 249 g/mol. The smallest absolute Gasteiger partial charge is 0.335 e. The molecule has 0 aliphatic carbocycles. The summed E-state index contributed by atoms with van der Waals surface area (Å²) < 4.78 is 16.0. The number of imidazole rings is 1. The number of rotatable bonds is 2. The number of hydrogen-bond donors (Lipinski definition) is 1. The average Bonchev–Trinajstić information content (AvgIpc) is 2.85.